The quantitative estimate of drug-likeness (QED) is 0.171. The molecule has 0 spiro atoms. The largest absolute Gasteiger partial charge is 0.460 e. The predicted octanol–water partition coefficient (Wildman–Crippen LogP) is 3.60. The number of ether oxygens (including phenoxy) is 1. The number of nitrogens with zero attached hydrogens (tertiary/aromatic N) is 2. The summed E-state index contributed by atoms with van der Waals surface area (Å²) in [6, 6.07) is 5.58. The van der Waals surface area contributed by atoms with Gasteiger partial charge < -0.3 is 30.5 Å². The summed E-state index contributed by atoms with van der Waals surface area (Å²) in [7, 11) is 3.14. The number of rotatable bonds is 16. The van der Waals surface area contributed by atoms with Crippen LogP contribution < -0.4 is 16.0 Å². The maximum Gasteiger partial charge on any atom is 0.307 e. The highest BCUT2D eigenvalue weighted by molar-refractivity contribution is 6.38. The average Bonchev–Trinajstić information content (AvgIpc) is 3.75. The fourth-order valence-electron chi connectivity index (χ4n) is 8.13. The highest BCUT2D eigenvalue weighted by Gasteiger charge is 2.53. The molecule has 1 heterocycles. The third-order valence-corrected chi connectivity index (χ3v) is 10.7. The molecule has 53 heavy (non-hydrogen) atoms. The van der Waals surface area contributed by atoms with Crippen molar-refractivity contribution < 1.29 is 38.3 Å². The smallest absolute Gasteiger partial charge is 0.307 e. The van der Waals surface area contributed by atoms with Crippen LogP contribution in [0.3, 0.4) is 0 Å². The second kappa shape index (κ2) is 18.6. The van der Waals surface area contributed by atoms with Gasteiger partial charge in [-0.25, -0.2) is 0 Å². The van der Waals surface area contributed by atoms with Crippen LogP contribution in [0.25, 0.3) is 0 Å². The summed E-state index contributed by atoms with van der Waals surface area (Å²) in [4.78, 5) is 97.1. The molecule has 1 aromatic carbocycles. The number of nitrogens with one attached hydrogen (secondary N) is 3. The van der Waals surface area contributed by atoms with Crippen molar-refractivity contribution in [3.8, 4) is 0 Å². The number of hydrogen-bond donors (Lipinski definition) is 3. The van der Waals surface area contributed by atoms with E-state index in [2.05, 4.69) is 16.0 Å². The molecule has 1 aromatic rings. The molecule has 3 fully saturated rings. The van der Waals surface area contributed by atoms with Crippen LogP contribution in [0.4, 0.5) is 0 Å². The summed E-state index contributed by atoms with van der Waals surface area (Å²) < 4.78 is 5.63. The van der Waals surface area contributed by atoms with Gasteiger partial charge in [-0.3, -0.25) is 33.6 Å². The molecule has 4 rings (SSSR count). The summed E-state index contributed by atoms with van der Waals surface area (Å²) in [6.45, 7) is 6.76. The van der Waals surface area contributed by atoms with Crippen LogP contribution in [0.1, 0.15) is 116 Å². The van der Waals surface area contributed by atoms with Gasteiger partial charge >= 0.3 is 5.97 Å². The van der Waals surface area contributed by atoms with E-state index in [1.54, 1.807) is 70.1 Å². The van der Waals surface area contributed by atoms with Crippen LogP contribution in [-0.2, 0) is 38.3 Å². The van der Waals surface area contributed by atoms with Gasteiger partial charge in [0.25, 0.3) is 5.91 Å². The van der Waals surface area contributed by atoms with E-state index >= 15 is 0 Å². The van der Waals surface area contributed by atoms with Crippen molar-refractivity contribution in [1.82, 2.24) is 25.8 Å². The Kier molecular flexibility index (Phi) is 14.6. The first-order valence-electron chi connectivity index (χ1n) is 19.3. The summed E-state index contributed by atoms with van der Waals surface area (Å²) in [5.74, 6) is -4.79. The van der Waals surface area contributed by atoms with Crippen molar-refractivity contribution in [1.29, 1.82) is 0 Å². The summed E-state index contributed by atoms with van der Waals surface area (Å²) in [5, 5.41) is 7.81. The van der Waals surface area contributed by atoms with Gasteiger partial charge in [0.05, 0.1) is 24.9 Å². The van der Waals surface area contributed by atoms with Crippen molar-refractivity contribution in [2.75, 3.05) is 20.6 Å². The Bertz CT molecular complexity index is 1490. The van der Waals surface area contributed by atoms with Crippen LogP contribution in [-0.4, -0.2) is 95.5 Å². The number of Topliss-reactive ketones (excluding diaryl/α,β-unsaturated/α-hetero) is 1. The van der Waals surface area contributed by atoms with Crippen LogP contribution in [0.2, 0.25) is 0 Å². The molecule has 1 saturated heterocycles. The van der Waals surface area contributed by atoms with Crippen LogP contribution in [0, 0.1) is 17.8 Å². The van der Waals surface area contributed by atoms with Crippen LogP contribution >= 0.6 is 0 Å². The van der Waals surface area contributed by atoms with Gasteiger partial charge in [0.2, 0.25) is 29.4 Å². The first kappa shape index (κ1) is 41.5. The number of esters is 1. The molecule has 13 nitrogen and oxygen atoms in total. The lowest BCUT2D eigenvalue weighted by molar-refractivity contribution is -0.161. The highest BCUT2D eigenvalue weighted by atomic mass is 16.6. The Morgan fingerprint density at radius 2 is 1.60 bits per heavy atom. The van der Waals surface area contributed by atoms with E-state index < -0.39 is 65.7 Å². The van der Waals surface area contributed by atoms with E-state index in [9.17, 15) is 33.6 Å². The Morgan fingerprint density at radius 3 is 2.23 bits per heavy atom. The zero-order valence-corrected chi connectivity index (χ0v) is 32.3. The highest BCUT2D eigenvalue weighted by Crippen LogP contribution is 2.45. The third kappa shape index (κ3) is 11.1. The number of piperidine rings is 1. The van der Waals surface area contributed by atoms with Crippen molar-refractivity contribution in [2.24, 2.45) is 17.8 Å². The predicted molar refractivity (Wildman–Crippen MR) is 198 cm³/mol. The number of carbonyl (C=O) groups is 7. The van der Waals surface area contributed by atoms with Gasteiger partial charge in [-0.2, -0.15) is 0 Å². The second-order valence-electron chi connectivity index (χ2n) is 16.1. The van der Waals surface area contributed by atoms with E-state index in [0.29, 0.717) is 24.8 Å². The Morgan fingerprint density at radius 1 is 0.925 bits per heavy atom. The maximum atomic E-state index is 14.5. The monoisotopic (exact) mass is 737 g/mol. The van der Waals surface area contributed by atoms with Crippen LogP contribution in [0.15, 0.2) is 30.3 Å². The Hall–Kier alpha value is -4.29. The number of fused-ring (bicyclic) bond motifs is 2. The van der Waals surface area contributed by atoms with E-state index in [4.69, 9.17) is 4.74 Å². The van der Waals surface area contributed by atoms with Crippen molar-refractivity contribution >= 4 is 41.3 Å². The van der Waals surface area contributed by atoms with Gasteiger partial charge in [-0.05, 0) is 76.7 Å². The Labute approximate surface area is 313 Å². The summed E-state index contributed by atoms with van der Waals surface area (Å²) in [5.41, 5.74) is -0.134. The standard InChI is InChI=1S/C40H59N5O8/c1-7-8-19-30(35(48)37(50)41-24-31(46)43-33(39(52)44(5)6)26-17-13-10-14-18-26)42-36(49)34-27-20-21-28(22-27)45(34)38(51)29(25-15-11-9-12-16-25)23-32(47)53-40(2,3)4/h10,13-14,17-18,25,27-30,33-34H,7-9,11-12,15-16,19-24H2,1-6H3,(H,41,50)(H,42,49)(H,43,46). The van der Waals surface area contributed by atoms with Crippen molar-refractivity contribution in [2.45, 2.75) is 135 Å². The molecular formula is C40H59N5O8. The lowest BCUT2D eigenvalue weighted by Gasteiger charge is -2.39. The fourth-order valence-corrected chi connectivity index (χ4v) is 8.13. The zero-order chi connectivity index (χ0) is 38.9. The Balaban J connectivity index is 1.45. The first-order valence-corrected chi connectivity index (χ1v) is 19.3. The van der Waals surface area contributed by atoms with Crippen molar-refractivity contribution in [3.05, 3.63) is 35.9 Å². The molecule has 2 saturated carbocycles. The molecular weight excluding hydrogens is 678 g/mol. The lowest BCUT2D eigenvalue weighted by atomic mass is 9.77. The minimum Gasteiger partial charge on any atom is -0.460 e. The molecule has 3 aliphatic rings. The minimum atomic E-state index is -1.16. The average molecular weight is 738 g/mol. The van der Waals surface area contributed by atoms with E-state index in [0.717, 1.165) is 44.9 Å². The lowest BCUT2D eigenvalue weighted by Crippen LogP contribution is -2.58. The summed E-state index contributed by atoms with van der Waals surface area (Å²) >= 11 is 0. The molecule has 6 unspecified atom stereocenters. The van der Waals surface area contributed by atoms with Gasteiger partial charge in [0.1, 0.15) is 17.7 Å². The van der Waals surface area contributed by atoms with E-state index in [1.165, 1.54) is 4.90 Å². The number of benzene rings is 1. The molecule has 2 aliphatic carbocycles. The third-order valence-electron chi connectivity index (χ3n) is 10.7. The molecule has 292 valence electrons. The molecule has 2 bridgehead atoms. The number of amides is 5. The minimum absolute atomic E-state index is 0.00959. The zero-order valence-electron chi connectivity index (χ0n) is 32.3. The number of likely N-dealkylation sites (N-methyl/N-ethyl adjacent to an activating group) is 1. The van der Waals surface area contributed by atoms with Gasteiger partial charge in [0.15, 0.2) is 0 Å². The molecule has 13 heteroatoms. The number of ketones is 1. The van der Waals surface area contributed by atoms with E-state index in [1.807, 2.05) is 6.92 Å². The number of unbranched alkanes of at least 4 members (excludes halogenated alkanes) is 1. The number of likely N-dealkylation sites (tertiary alicyclic amines) is 1. The molecule has 1 aliphatic heterocycles. The van der Waals surface area contributed by atoms with Crippen LogP contribution in [0.5, 0.6) is 0 Å². The van der Waals surface area contributed by atoms with Gasteiger partial charge in [0, 0.05) is 20.1 Å². The fraction of sp³-hybridized carbons (Fsp3) is 0.675. The van der Waals surface area contributed by atoms with Gasteiger partial charge in [-0.15, -0.1) is 0 Å². The topological polar surface area (TPSA) is 171 Å². The SMILES string of the molecule is CCCCC(NC(=O)C1C2CCC(C2)N1C(=O)C(CC(=O)OC(C)(C)C)C1CCCCC1)C(=O)C(=O)NCC(=O)NC(C(=O)N(C)C)c1ccccc1. The summed E-state index contributed by atoms with van der Waals surface area (Å²) in [6.07, 6.45) is 8.29. The number of carbonyl (C=O) groups excluding carboxylic acids is 7. The van der Waals surface area contributed by atoms with E-state index in [-0.39, 0.29) is 42.5 Å². The van der Waals surface area contributed by atoms with Gasteiger partial charge in [-0.1, -0.05) is 69.4 Å². The molecule has 0 radical (unpaired) electrons. The molecule has 5 amide bonds. The number of hydrogen-bond acceptors (Lipinski definition) is 8. The first-order chi connectivity index (χ1) is 25.1. The molecule has 0 aromatic heterocycles. The maximum absolute atomic E-state index is 14.5. The second-order valence-corrected chi connectivity index (χ2v) is 16.1. The molecule has 3 N–H and O–H groups in total. The van der Waals surface area contributed by atoms with Crippen molar-refractivity contribution in [3.63, 3.8) is 0 Å². The molecule has 6 atom stereocenters. The normalized spacial score (nSPS) is 21.5.